The molecule has 1 heterocycles. The smallest absolute Gasteiger partial charge is 0.228 e. The Labute approximate surface area is 90.2 Å². The van der Waals surface area contributed by atoms with Crippen LogP contribution in [0.5, 0.6) is 0 Å². The van der Waals surface area contributed by atoms with Gasteiger partial charge in [-0.15, -0.1) is 0 Å². The molecule has 0 aromatic carbocycles. The van der Waals surface area contributed by atoms with Gasteiger partial charge in [-0.2, -0.15) is 4.98 Å². The summed E-state index contributed by atoms with van der Waals surface area (Å²) in [5.41, 5.74) is 0. The summed E-state index contributed by atoms with van der Waals surface area (Å²) in [5.74, 6) is 1.29. The molecule has 1 N–H and O–H groups in total. The van der Waals surface area contributed by atoms with Crippen LogP contribution in [0.15, 0.2) is 4.52 Å². The van der Waals surface area contributed by atoms with Gasteiger partial charge in [0.05, 0.1) is 0 Å². The molecule has 0 aliphatic carbocycles. The number of nitrogens with one attached hydrogen (secondary N) is 1. The van der Waals surface area contributed by atoms with Gasteiger partial charge in [-0.05, 0) is 20.4 Å². The predicted molar refractivity (Wildman–Crippen MR) is 56.5 cm³/mol. The van der Waals surface area contributed by atoms with Crippen molar-refractivity contribution in [2.24, 2.45) is 0 Å². The summed E-state index contributed by atoms with van der Waals surface area (Å²) in [5, 5.41) is 6.95. The number of ether oxygens (including phenoxy) is 1. The molecule has 0 saturated heterocycles. The van der Waals surface area contributed by atoms with Gasteiger partial charge in [0, 0.05) is 19.1 Å². The first-order valence-electron chi connectivity index (χ1n) is 5.32. The van der Waals surface area contributed by atoms with Crippen molar-refractivity contribution in [1.82, 2.24) is 15.5 Å². The SMILES string of the molecule is CCCOCc1noc(CC(C)NC)n1. The molecule has 1 aromatic rings. The van der Waals surface area contributed by atoms with Gasteiger partial charge in [0.1, 0.15) is 6.61 Å². The van der Waals surface area contributed by atoms with E-state index in [1.165, 1.54) is 0 Å². The number of likely N-dealkylation sites (N-methyl/N-ethyl adjacent to an activating group) is 1. The van der Waals surface area contributed by atoms with Gasteiger partial charge >= 0.3 is 0 Å². The van der Waals surface area contributed by atoms with E-state index in [0.717, 1.165) is 19.4 Å². The molecule has 0 saturated carbocycles. The van der Waals surface area contributed by atoms with E-state index >= 15 is 0 Å². The molecular formula is C10H19N3O2. The Hall–Kier alpha value is -0.940. The van der Waals surface area contributed by atoms with Crippen molar-refractivity contribution in [3.05, 3.63) is 11.7 Å². The third-order valence-corrected chi connectivity index (χ3v) is 2.06. The lowest BCUT2D eigenvalue weighted by Crippen LogP contribution is -2.23. The zero-order chi connectivity index (χ0) is 11.1. The third-order valence-electron chi connectivity index (χ3n) is 2.06. The number of hydrogen-bond acceptors (Lipinski definition) is 5. The average Bonchev–Trinajstić information content (AvgIpc) is 2.66. The summed E-state index contributed by atoms with van der Waals surface area (Å²) in [6, 6.07) is 0.342. The highest BCUT2D eigenvalue weighted by atomic mass is 16.5. The first-order chi connectivity index (χ1) is 7.26. The van der Waals surface area contributed by atoms with Gasteiger partial charge < -0.3 is 14.6 Å². The van der Waals surface area contributed by atoms with E-state index in [4.69, 9.17) is 9.26 Å². The van der Waals surface area contributed by atoms with Gasteiger partial charge in [-0.25, -0.2) is 0 Å². The molecule has 0 bridgehead atoms. The van der Waals surface area contributed by atoms with Crippen molar-refractivity contribution < 1.29 is 9.26 Å². The van der Waals surface area contributed by atoms with Crippen LogP contribution in [0.25, 0.3) is 0 Å². The van der Waals surface area contributed by atoms with Crippen LogP contribution in [-0.2, 0) is 17.8 Å². The van der Waals surface area contributed by atoms with Crippen LogP contribution in [0.3, 0.4) is 0 Å². The highest BCUT2D eigenvalue weighted by molar-refractivity contribution is 4.87. The molecule has 86 valence electrons. The summed E-state index contributed by atoms with van der Waals surface area (Å²) in [6.07, 6.45) is 1.75. The minimum Gasteiger partial charge on any atom is -0.373 e. The van der Waals surface area contributed by atoms with E-state index in [9.17, 15) is 0 Å². The van der Waals surface area contributed by atoms with E-state index in [0.29, 0.717) is 24.4 Å². The lowest BCUT2D eigenvalue weighted by Gasteiger charge is -2.04. The van der Waals surface area contributed by atoms with Gasteiger partial charge in [0.2, 0.25) is 5.89 Å². The predicted octanol–water partition coefficient (Wildman–Crippen LogP) is 1.15. The second-order valence-corrected chi connectivity index (χ2v) is 3.55. The van der Waals surface area contributed by atoms with Gasteiger partial charge in [-0.1, -0.05) is 12.1 Å². The van der Waals surface area contributed by atoms with Crippen LogP contribution in [0, 0.1) is 0 Å². The second kappa shape index (κ2) is 6.53. The molecule has 15 heavy (non-hydrogen) atoms. The molecule has 1 aromatic heterocycles. The van der Waals surface area contributed by atoms with Crippen molar-refractivity contribution in [2.45, 2.75) is 39.3 Å². The molecule has 1 unspecified atom stereocenters. The Morgan fingerprint density at radius 2 is 2.33 bits per heavy atom. The number of aromatic nitrogens is 2. The molecule has 5 heteroatoms. The van der Waals surface area contributed by atoms with Gasteiger partial charge in [0.25, 0.3) is 0 Å². The van der Waals surface area contributed by atoms with E-state index in [1.54, 1.807) is 0 Å². The molecule has 0 spiro atoms. The Morgan fingerprint density at radius 1 is 1.53 bits per heavy atom. The van der Waals surface area contributed by atoms with Crippen LogP contribution in [0.2, 0.25) is 0 Å². The van der Waals surface area contributed by atoms with Crippen LogP contribution >= 0.6 is 0 Å². The second-order valence-electron chi connectivity index (χ2n) is 3.55. The lowest BCUT2D eigenvalue weighted by atomic mass is 10.2. The summed E-state index contributed by atoms with van der Waals surface area (Å²) >= 11 is 0. The quantitative estimate of drug-likeness (QED) is 0.688. The summed E-state index contributed by atoms with van der Waals surface area (Å²) in [7, 11) is 1.91. The molecule has 0 aliphatic rings. The first-order valence-corrected chi connectivity index (χ1v) is 5.32. The summed E-state index contributed by atoms with van der Waals surface area (Å²) < 4.78 is 10.4. The third kappa shape index (κ3) is 4.40. The Bertz CT molecular complexity index is 275. The van der Waals surface area contributed by atoms with Gasteiger partial charge in [0.15, 0.2) is 5.82 Å². The number of nitrogens with zero attached hydrogens (tertiary/aromatic N) is 2. The maximum atomic E-state index is 5.31. The minimum absolute atomic E-state index is 0.342. The molecule has 0 amide bonds. The monoisotopic (exact) mass is 213 g/mol. The molecule has 5 nitrogen and oxygen atoms in total. The van der Waals surface area contributed by atoms with Crippen LogP contribution in [0.1, 0.15) is 32.0 Å². The topological polar surface area (TPSA) is 60.2 Å². The maximum absolute atomic E-state index is 5.31. The zero-order valence-corrected chi connectivity index (χ0v) is 9.62. The Kier molecular flexibility index (Phi) is 5.28. The number of rotatable bonds is 7. The fourth-order valence-corrected chi connectivity index (χ4v) is 1.10. The molecule has 1 rings (SSSR count). The van der Waals surface area contributed by atoms with E-state index in [2.05, 4.69) is 29.3 Å². The van der Waals surface area contributed by atoms with Crippen LogP contribution in [-0.4, -0.2) is 29.8 Å². The first kappa shape index (κ1) is 12.1. The van der Waals surface area contributed by atoms with Crippen LogP contribution in [0.4, 0.5) is 0 Å². The van der Waals surface area contributed by atoms with Crippen LogP contribution < -0.4 is 5.32 Å². The minimum atomic E-state index is 0.342. The zero-order valence-electron chi connectivity index (χ0n) is 9.62. The van der Waals surface area contributed by atoms with Crippen molar-refractivity contribution in [3.8, 4) is 0 Å². The average molecular weight is 213 g/mol. The van der Waals surface area contributed by atoms with E-state index < -0.39 is 0 Å². The Balaban J connectivity index is 2.35. The summed E-state index contributed by atoms with van der Waals surface area (Å²) in [6.45, 7) is 5.30. The highest BCUT2D eigenvalue weighted by Gasteiger charge is 2.09. The lowest BCUT2D eigenvalue weighted by molar-refractivity contribution is 0.114. The number of hydrogen-bond donors (Lipinski definition) is 1. The standard InChI is InChI=1S/C10H19N3O2/c1-4-5-14-7-9-12-10(15-13-9)6-8(2)11-3/h8,11H,4-7H2,1-3H3. The fourth-order valence-electron chi connectivity index (χ4n) is 1.10. The fraction of sp³-hybridized carbons (Fsp3) is 0.800. The normalized spacial score (nSPS) is 13.0. The molecular weight excluding hydrogens is 194 g/mol. The molecule has 0 fully saturated rings. The summed E-state index contributed by atoms with van der Waals surface area (Å²) in [4.78, 5) is 4.23. The maximum Gasteiger partial charge on any atom is 0.228 e. The van der Waals surface area contributed by atoms with E-state index in [-0.39, 0.29) is 0 Å². The Morgan fingerprint density at radius 3 is 3.00 bits per heavy atom. The largest absolute Gasteiger partial charge is 0.373 e. The molecule has 0 radical (unpaired) electrons. The van der Waals surface area contributed by atoms with Gasteiger partial charge in [-0.3, -0.25) is 0 Å². The van der Waals surface area contributed by atoms with E-state index in [1.807, 2.05) is 7.05 Å². The molecule has 0 aliphatic heterocycles. The van der Waals surface area contributed by atoms with Crippen molar-refractivity contribution in [1.29, 1.82) is 0 Å². The molecule has 1 atom stereocenters. The van der Waals surface area contributed by atoms with Crippen molar-refractivity contribution >= 4 is 0 Å². The van der Waals surface area contributed by atoms with Crippen molar-refractivity contribution in [3.63, 3.8) is 0 Å². The highest BCUT2D eigenvalue weighted by Crippen LogP contribution is 2.02. The van der Waals surface area contributed by atoms with Crippen molar-refractivity contribution in [2.75, 3.05) is 13.7 Å².